The number of aromatic nitrogens is 2. The lowest BCUT2D eigenvalue weighted by Crippen LogP contribution is -2.36. The molecule has 0 atom stereocenters. The third kappa shape index (κ3) is 1.22. The van der Waals surface area contributed by atoms with Crippen LogP contribution in [0.1, 0.15) is 11.3 Å². The van der Waals surface area contributed by atoms with Gasteiger partial charge in [-0.25, -0.2) is 15.0 Å². The first-order valence-corrected chi connectivity index (χ1v) is 3.63. The molecular weight excluding hydrogens is 140 g/mol. The number of fused-ring (bicyclic) bond motifs is 1. The van der Waals surface area contributed by atoms with Crippen molar-refractivity contribution in [2.24, 2.45) is 5.84 Å². The van der Waals surface area contributed by atoms with E-state index in [0.29, 0.717) is 0 Å². The fourth-order valence-corrected chi connectivity index (χ4v) is 1.27. The van der Waals surface area contributed by atoms with Crippen molar-refractivity contribution < 1.29 is 0 Å². The summed E-state index contributed by atoms with van der Waals surface area (Å²) >= 11 is 0. The molecule has 1 aromatic rings. The molecule has 0 saturated heterocycles. The molecule has 1 aliphatic rings. The summed E-state index contributed by atoms with van der Waals surface area (Å²) in [5.41, 5.74) is 2.29. The minimum atomic E-state index is 0.748. The summed E-state index contributed by atoms with van der Waals surface area (Å²) in [6.45, 7) is 1.65. The van der Waals surface area contributed by atoms with Crippen LogP contribution in [0.3, 0.4) is 0 Å². The Balaban J connectivity index is 2.34. The fraction of sp³-hybridized carbons (Fsp3) is 0.429. The second-order valence-corrected chi connectivity index (χ2v) is 2.72. The lowest BCUT2D eigenvalue weighted by molar-refractivity contribution is 0.258. The summed E-state index contributed by atoms with van der Waals surface area (Å²) in [4.78, 5) is 8.09. The minimum Gasteiger partial charge on any atom is -0.268 e. The van der Waals surface area contributed by atoms with Gasteiger partial charge in [-0.3, -0.25) is 5.84 Å². The van der Waals surface area contributed by atoms with E-state index in [2.05, 4.69) is 9.97 Å². The predicted molar refractivity (Wildman–Crippen MR) is 40.3 cm³/mol. The number of hydrazine groups is 1. The van der Waals surface area contributed by atoms with Crippen molar-refractivity contribution in [2.45, 2.75) is 13.0 Å². The zero-order valence-corrected chi connectivity index (χ0v) is 6.20. The maximum Gasteiger partial charge on any atom is 0.115 e. The van der Waals surface area contributed by atoms with Crippen LogP contribution in [0.4, 0.5) is 0 Å². The van der Waals surface area contributed by atoms with Crippen molar-refractivity contribution in [2.75, 3.05) is 6.54 Å². The average molecular weight is 150 g/mol. The third-order valence-electron chi connectivity index (χ3n) is 1.90. The van der Waals surface area contributed by atoms with Crippen LogP contribution in [-0.4, -0.2) is 21.5 Å². The molecule has 4 nitrogen and oxygen atoms in total. The molecular formula is C7H10N4. The SMILES string of the molecule is NN1CCc2cncnc2C1. The Labute approximate surface area is 65.0 Å². The molecule has 2 N–H and O–H groups in total. The van der Waals surface area contributed by atoms with Crippen LogP contribution in [0, 0.1) is 0 Å². The quantitative estimate of drug-likeness (QED) is 0.516. The molecule has 0 unspecified atom stereocenters. The smallest absolute Gasteiger partial charge is 0.115 e. The van der Waals surface area contributed by atoms with Crippen LogP contribution in [-0.2, 0) is 13.0 Å². The highest BCUT2D eigenvalue weighted by Gasteiger charge is 2.13. The van der Waals surface area contributed by atoms with Crippen molar-refractivity contribution in [3.8, 4) is 0 Å². The second-order valence-electron chi connectivity index (χ2n) is 2.72. The Hall–Kier alpha value is -1.00. The normalized spacial score (nSPS) is 17.9. The van der Waals surface area contributed by atoms with Crippen molar-refractivity contribution >= 4 is 0 Å². The molecule has 2 heterocycles. The van der Waals surface area contributed by atoms with E-state index < -0.39 is 0 Å². The van der Waals surface area contributed by atoms with E-state index >= 15 is 0 Å². The zero-order valence-electron chi connectivity index (χ0n) is 6.20. The van der Waals surface area contributed by atoms with Crippen LogP contribution in [0.25, 0.3) is 0 Å². The van der Waals surface area contributed by atoms with Crippen molar-refractivity contribution in [3.05, 3.63) is 23.8 Å². The summed E-state index contributed by atoms with van der Waals surface area (Å²) in [6.07, 6.45) is 4.40. The Kier molecular flexibility index (Phi) is 1.56. The van der Waals surface area contributed by atoms with Crippen LogP contribution in [0.5, 0.6) is 0 Å². The maximum absolute atomic E-state index is 5.62. The van der Waals surface area contributed by atoms with Gasteiger partial charge in [-0.05, 0) is 12.0 Å². The van der Waals surface area contributed by atoms with Gasteiger partial charge >= 0.3 is 0 Å². The molecule has 0 aliphatic carbocycles. The van der Waals surface area contributed by atoms with Gasteiger partial charge in [0.15, 0.2) is 0 Å². The van der Waals surface area contributed by atoms with Gasteiger partial charge < -0.3 is 0 Å². The lowest BCUT2D eigenvalue weighted by atomic mass is 10.1. The first-order chi connectivity index (χ1) is 5.36. The number of nitrogens with zero attached hydrogens (tertiary/aromatic N) is 3. The Morgan fingerprint density at radius 1 is 1.55 bits per heavy atom. The zero-order chi connectivity index (χ0) is 7.68. The summed E-state index contributed by atoms with van der Waals surface area (Å²) < 4.78 is 0. The Morgan fingerprint density at radius 3 is 3.36 bits per heavy atom. The van der Waals surface area contributed by atoms with E-state index in [1.54, 1.807) is 11.3 Å². The number of nitrogens with two attached hydrogens (primary N) is 1. The van der Waals surface area contributed by atoms with Gasteiger partial charge in [0.05, 0.1) is 12.2 Å². The molecule has 0 amide bonds. The van der Waals surface area contributed by atoms with Crippen LogP contribution < -0.4 is 5.84 Å². The standard InChI is InChI=1S/C7H10N4/c8-11-2-1-6-3-9-5-10-7(6)4-11/h3,5H,1-2,4,8H2. The summed E-state index contributed by atoms with van der Waals surface area (Å²) in [6, 6.07) is 0. The molecule has 0 fully saturated rings. The van der Waals surface area contributed by atoms with Crippen molar-refractivity contribution in [1.82, 2.24) is 15.0 Å². The molecule has 0 radical (unpaired) electrons. The molecule has 0 saturated carbocycles. The number of hydrogen-bond acceptors (Lipinski definition) is 4. The first-order valence-electron chi connectivity index (χ1n) is 3.63. The topological polar surface area (TPSA) is 55.0 Å². The summed E-state index contributed by atoms with van der Waals surface area (Å²) in [5.74, 6) is 5.62. The largest absolute Gasteiger partial charge is 0.268 e. The van der Waals surface area contributed by atoms with E-state index in [1.807, 2.05) is 6.20 Å². The van der Waals surface area contributed by atoms with Gasteiger partial charge in [0.1, 0.15) is 6.33 Å². The van der Waals surface area contributed by atoms with Crippen LogP contribution in [0.2, 0.25) is 0 Å². The molecule has 4 heteroatoms. The van der Waals surface area contributed by atoms with Gasteiger partial charge in [-0.15, -0.1) is 0 Å². The molecule has 0 aromatic carbocycles. The van der Waals surface area contributed by atoms with Gasteiger partial charge in [0.2, 0.25) is 0 Å². The van der Waals surface area contributed by atoms with Gasteiger partial charge in [0.25, 0.3) is 0 Å². The lowest BCUT2D eigenvalue weighted by Gasteiger charge is -2.22. The fourth-order valence-electron chi connectivity index (χ4n) is 1.27. The molecule has 1 aromatic heterocycles. The van der Waals surface area contributed by atoms with Crippen LogP contribution in [0.15, 0.2) is 12.5 Å². The highest BCUT2D eigenvalue weighted by atomic mass is 15.4. The van der Waals surface area contributed by atoms with E-state index in [4.69, 9.17) is 5.84 Å². The highest BCUT2D eigenvalue weighted by Crippen LogP contribution is 2.11. The molecule has 1 aliphatic heterocycles. The van der Waals surface area contributed by atoms with E-state index in [1.165, 1.54) is 5.56 Å². The average Bonchev–Trinajstić information content (AvgIpc) is 2.04. The Bertz CT molecular complexity index is 260. The number of rotatable bonds is 0. The monoisotopic (exact) mass is 150 g/mol. The van der Waals surface area contributed by atoms with Gasteiger partial charge in [-0.1, -0.05) is 0 Å². The van der Waals surface area contributed by atoms with E-state index in [9.17, 15) is 0 Å². The highest BCUT2D eigenvalue weighted by molar-refractivity contribution is 5.18. The van der Waals surface area contributed by atoms with Crippen molar-refractivity contribution in [1.29, 1.82) is 0 Å². The molecule has 11 heavy (non-hydrogen) atoms. The second kappa shape index (κ2) is 2.56. The van der Waals surface area contributed by atoms with E-state index in [-0.39, 0.29) is 0 Å². The minimum absolute atomic E-state index is 0.748. The Morgan fingerprint density at radius 2 is 2.45 bits per heavy atom. The molecule has 0 bridgehead atoms. The third-order valence-corrected chi connectivity index (χ3v) is 1.90. The summed E-state index contributed by atoms with van der Waals surface area (Å²) in [7, 11) is 0. The molecule has 58 valence electrons. The van der Waals surface area contributed by atoms with Gasteiger partial charge in [-0.2, -0.15) is 0 Å². The molecule has 0 spiro atoms. The predicted octanol–water partition coefficient (Wildman–Crippen LogP) is -0.292. The number of hydrogen-bond donors (Lipinski definition) is 1. The van der Waals surface area contributed by atoms with Crippen LogP contribution >= 0.6 is 0 Å². The molecule has 2 rings (SSSR count). The van der Waals surface area contributed by atoms with Gasteiger partial charge in [0, 0.05) is 12.7 Å². The summed E-state index contributed by atoms with van der Waals surface area (Å²) in [5, 5.41) is 1.77. The first kappa shape index (κ1) is 6.69. The van der Waals surface area contributed by atoms with E-state index in [0.717, 1.165) is 25.2 Å². The van der Waals surface area contributed by atoms with Crippen molar-refractivity contribution in [3.63, 3.8) is 0 Å². The maximum atomic E-state index is 5.62.